The number of carbonyl (C=O) groups is 2. The molecule has 1 aliphatic rings. The number of methoxy groups -OCH3 is 1. The minimum atomic E-state index is -0.870. The Bertz CT molecular complexity index is 933. The van der Waals surface area contributed by atoms with Crippen molar-refractivity contribution in [2.24, 2.45) is 0 Å². The van der Waals surface area contributed by atoms with Gasteiger partial charge in [0.25, 0.3) is 0 Å². The van der Waals surface area contributed by atoms with E-state index in [0.717, 1.165) is 34.5 Å². The quantitative estimate of drug-likeness (QED) is 0.835. The number of hydrogen-bond acceptors (Lipinski definition) is 7. The molecule has 1 aromatic carbocycles. The van der Waals surface area contributed by atoms with Crippen LogP contribution in [0.4, 0.5) is 10.1 Å². The maximum Gasteiger partial charge on any atom is 0.359 e. The Hall–Kier alpha value is -3.19. The summed E-state index contributed by atoms with van der Waals surface area (Å²) in [5, 5.41) is 21.2. The van der Waals surface area contributed by atoms with Crippen LogP contribution >= 0.6 is 11.8 Å². The zero-order valence-electron chi connectivity index (χ0n) is 12.8. The zero-order valence-corrected chi connectivity index (χ0v) is 13.6. The van der Waals surface area contributed by atoms with Gasteiger partial charge in [0.1, 0.15) is 17.6 Å². The molecule has 0 saturated carbocycles. The van der Waals surface area contributed by atoms with Crippen molar-refractivity contribution in [2.45, 2.75) is 0 Å². The third-order valence-electron chi connectivity index (χ3n) is 3.41. The molecule has 0 atom stereocenters. The summed E-state index contributed by atoms with van der Waals surface area (Å²) >= 11 is 0.964. The first-order valence-electron chi connectivity index (χ1n) is 6.89. The van der Waals surface area contributed by atoms with Crippen LogP contribution in [0, 0.1) is 22.6 Å². The van der Waals surface area contributed by atoms with E-state index in [1.807, 2.05) is 0 Å². The van der Waals surface area contributed by atoms with Crippen molar-refractivity contribution in [2.75, 3.05) is 17.8 Å². The number of nitrogens with zero attached hydrogens (tertiary/aromatic N) is 4. The number of anilines is 1. The van der Waals surface area contributed by atoms with Crippen LogP contribution in [0.15, 0.2) is 24.3 Å². The molecule has 0 unspecified atom stereocenters. The predicted octanol–water partition coefficient (Wildman–Crippen LogP) is 1.68. The molecule has 25 heavy (non-hydrogen) atoms. The Kier molecular flexibility index (Phi) is 4.24. The first-order valence-corrected chi connectivity index (χ1v) is 7.88. The number of aromatic nitrogens is 2. The van der Waals surface area contributed by atoms with Crippen molar-refractivity contribution in [1.82, 2.24) is 9.78 Å². The highest BCUT2D eigenvalue weighted by molar-refractivity contribution is 8.15. The predicted molar refractivity (Wildman–Crippen MR) is 87.2 cm³/mol. The van der Waals surface area contributed by atoms with Gasteiger partial charge in [-0.1, -0.05) is 17.8 Å². The summed E-state index contributed by atoms with van der Waals surface area (Å²) in [6.45, 7) is 0. The topological polar surface area (TPSA) is 112 Å². The standard InChI is InChI=1S/C15H10FN5O3S/c1-24-14(23)13-12(20-11(22)7-25-15(20)18)10(6-17)19-21(13)9-4-2-3-8(16)5-9/h2-5,18H,7H2,1H3. The number of halogens is 1. The molecule has 0 bridgehead atoms. The molecule has 0 radical (unpaired) electrons. The number of ether oxygens (including phenoxy) is 1. The van der Waals surface area contributed by atoms with Gasteiger partial charge in [0.2, 0.25) is 5.91 Å². The summed E-state index contributed by atoms with van der Waals surface area (Å²) in [4.78, 5) is 25.4. The molecule has 0 spiro atoms. The molecule has 10 heteroatoms. The lowest BCUT2D eigenvalue weighted by Crippen LogP contribution is -2.31. The fraction of sp³-hybridized carbons (Fsp3) is 0.133. The van der Waals surface area contributed by atoms with Crippen LogP contribution in [0.25, 0.3) is 5.69 Å². The summed E-state index contributed by atoms with van der Waals surface area (Å²) in [5.74, 6) is -1.89. The number of hydrogen-bond donors (Lipinski definition) is 1. The SMILES string of the molecule is COC(=O)c1c(N2C(=N)SCC2=O)c(C#N)nn1-c1cccc(F)c1. The van der Waals surface area contributed by atoms with E-state index in [4.69, 9.17) is 10.1 Å². The van der Waals surface area contributed by atoms with Crippen molar-refractivity contribution in [1.29, 1.82) is 10.7 Å². The maximum atomic E-state index is 13.6. The molecule has 8 nitrogen and oxygen atoms in total. The smallest absolute Gasteiger partial charge is 0.359 e. The third-order valence-corrected chi connectivity index (χ3v) is 4.25. The van der Waals surface area contributed by atoms with E-state index < -0.39 is 17.7 Å². The van der Waals surface area contributed by atoms with E-state index in [1.165, 1.54) is 18.2 Å². The van der Waals surface area contributed by atoms with Gasteiger partial charge >= 0.3 is 5.97 Å². The average molecular weight is 359 g/mol. The molecular weight excluding hydrogens is 349 g/mol. The van der Waals surface area contributed by atoms with Gasteiger partial charge in [-0.15, -0.1) is 0 Å². The molecule has 0 aliphatic carbocycles. The largest absolute Gasteiger partial charge is 0.464 e. The highest BCUT2D eigenvalue weighted by Crippen LogP contribution is 2.33. The summed E-state index contributed by atoms with van der Waals surface area (Å²) in [7, 11) is 1.13. The van der Waals surface area contributed by atoms with Gasteiger partial charge < -0.3 is 4.74 Å². The van der Waals surface area contributed by atoms with E-state index in [2.05, 4.69) is 5.10 Å². The lowest BCUT2D eigenvalue weighted by molar-refractivity contribution is -0.115. The zero-order chi connectivity index (χ0) is 18.1. The molecule has 2 aromatic rings. The Morgan fingerprint density at radius 2 is 2.28 bits per heavy atom. The monoisotopic (exact) mass is 359 g/mol. The Morgan fingerprint density at radius 1 is 1.52 bits per heavy atom. The van der Waals surface area contributed by atoms with Gasteiger partial charge in [0, 0.05) is 0 Å². The van der Waals surface area contributed by atoms with E-state index >= 15 is 0 Å². The van der Waals surface area contributed by atoms with Crippen molar-refractivity contribution in [3.63, 3.8) is 0 Å². The van der Waals surface area contributed by atoms with Crippen LogP contribution in [0.2, 0.25) is 0 Å². The second-order valence-corrected chi connectivity index (χ2v) is 5.83. The average Bonchev–Trinajstić information content (AvgIpc) is 3.13. The van der Waals surface area contributed by atoms with E-state index in [-0.39, 0.29) is 33.7 Å². The van der Waals surface area contributed by atoms with Crippen molar-refractivity contribution < 1.29 is 18.7 Å². The number of nitrogens with one attached hydrogen (secondary N) is 1. The molecule has 1 fully saturated rings. The van der Waals surface area contributed by atoms with E-state index in [1.54, 1.807) is 6.07 Å². The fourth-order valence-electron chi connectivity index (χ4n) is 2.37. The van der Waals surface area contributed by atoms with Crippen LogP contribution < -0.4 is 4.90 Å². The van der Waals surface area contributed by atoms with E-state index in [9.17, 15) is 19.2 Å². The molecule has 3 rings (SSSR count). The summed E-state index contributed by atoms with van der Waals surface area (Å²) in [6.07, 6.45) is 0. The normalized spacial score (nSPS) is 13.9. The number of amidine groups is 1. The number of rotatable bonds is 3. The molecule has 2 heterocycles. The second-order valence-electron chi connectivity index (χ2n) is 4.86. The van der Waals surface area contributed by atoms with Gasteiger partial charge in [-0.05, 0) is 18.2 Å². The molecule has 1 aromatic heterocycles. The van der Waals surface area contributed by atoms with Crippen LogP contribution in [0.3, 0.4) is 0 Å². The highest BCUT2D eigenvalue weighted by Gasteiger charge is 2.37. The molecule has 1 aliphatic heterocycles. The lowest BCUT2D eigenvalue weighted by Gasteiger charge is -2.15. The maximum absolute atomic E-state index is 13.6. The van der Waals surface area contributed by atoms with Gasteiger partial charge in [-0.2, -0.15) is 10.4 Å². The molecular formula is C15H10FN5O3S. The first kappa shape index (κ1) is 16.7. The van der Waals surface area contributed by atoms with Crippen molar-refractivity contribution in [3.05, 3.63) is 41.5 Å². The minimum Gasteiger partial charge on any atom is -0.464 e. The van der Waals surface area contributed by atoms with Crippen molar-refractivity contribution in [3.8, 4) is 11.8 Å². The number of thioether (sulfide) groups is 1. The minimum absolute atomic E-state index is 0.00938. The molecule has 1 N–H and O–H groups in total. The molecule has 1 saturated heterocycles. The van der Waals surface area contributed by atoms with Crippen molar-refractivity contribution >= 4 is 34.5 Å². The van der Waals surface area contributed by atoms with Crippen LogP contribution in [0.5, 0.6) is 0 Å². The second kappa shape index (κ2) is 6.37. The first-order chi connectivity index (χ1) is 12.0. The lowest BCUT2D eigenvalue weighted by atomic mass is 10.2. The van der Waals surface area contributed by atoms with E-state index in [0.29, 0.717) is 0 Å². The number of esters is 1. The third kappa shape index (κ3) is 2.74. The number of benzene rings is 1. The number of carbonyl (C=O) groups excluding carboxylic acids is 2. The Labute approximate surface area is 145 Å². The number of nitriles is 1. The van der Waals surface area contributed by atoms with Crippen LogP contribution in [0.1, 0.15) is 16.2 Å². The summed E-state index contributed by atoms with van der Waals surface area (Å²) < 4.78 is 19.3. The van der Waals surface area contributed by atoms with Gasteiger partial charge in [-0.3, -0.25) is 15.1 Å². The van der Waals surface area contributed by atoms with Gasteiger partial charge in [-0.25, -0.2) is 13.9 Å². The summed E-state index contributed by atoms with van der Waals surface area (Å²) in [5.41, 5.74) is -0.442. The highest BCUT2D eigenvalue weighted by atomic mass is 32.2. The molecule has 1 amide bonds. The Balaban J connectivity index is 2.31. The fourth-order valence-corrected chi connectivity index (χ4v) is 3.08. The van der Waals surface area contributed by atoms with Crippen LogP contribution in [-0.4, -0.2) is 39.7 Å². The summed E-state index contributed by atoms with van der Waals surface area (Å²) in [6, 6.07) is 7.04. The number of amides is 1. The van der Waals surface area contributed by atoms with Gasteiger partial charge in [0.05, 0.1) is 18.6 Å². The Morgan fingerprint density at radius 3 is 2.84 bits per heavy atom. The molecule has 126 valence electrons. The van der Waals surface area contributed by atoms with Crippen LogP contribution in [-0.2, 0) is 9.53 Å². The van der Waals surface area contributed by atoms with Gasteiger partial charge in [0.15, 0.2) is 16.6 Å².